The highest BCUT2D eigenvalue weighted by Crippen LogP contribution is 2.30. The lowest BCUT2D eigenvalue weighted by Crippen LogP contribution is -2.08. The molecule has 3 N–H and O–H groups in total. The topological polar surface area (TPSA) is 73.1 Å². The van der Waals surface area contributed by atoms with Gasteiger partial charge >= 0.3 is 0 Å². The number of nitrogens with one attached hydrogen (secondary N) is 1. The molecule has 0 saturated heterocycles. The molecule has 2 rings (SSSR count). The molecule has 0 saturated carbocycles. The molecule has 1 aromatic carbocycles. The van der Waals surface area contributed by atoms with Crippen molar-refractivity contribution in [3.63, 3.8) is 0 Å². The summed E-state index contributed by atoms with van der Waals surface area (Å²) in [6.45, 7) is 7.24. The first-order valence-corrected chi connectivity index (χ1v) is 13.2. The van der Waals surface area contributed by atoms with Gasteiger partial charge in [0, 0.05) is 6.54 Å². The SMILES string of the molecule is CCCCCCCCCCCCCCCCNc1ncnc(Oc2cc(C)cc(C)c2)c1N. The van der Waals surface area contributed by atoms with Gasteiger partial charge in [-0.3, -0.25) is 0 Å². The number of benzene rings is 1. The highest BCUT2D eigenvalue weighted by atomic mass is 16.5. The van der Waals surface area contributed by atoms with Crippen molar-refractivity contribution in [2.45, 2.75) is 111 Å². The number of rotatable bonds is 18. The fourth-order valence-corrected chi connectivity index (χ4v) is 4.23. The first-order chi connectivity index (χ1) is 16.1. The summed E-state index contributed by atoms with van der Waals surface area (Å²) in [6, 6.07) is 6.08. The number of nitrogens with zero attached hydrogens (tertiary/aromatic N) is 2. The number of aromatic nitrogens is 2. The van der Waals surface area contributed by atoms with Gasteiger partial charge in [0.05, 0.1) is 0 Å². The molecule has 0 fully saturated rings. The molecule has 33 heavy (non-hydrogen) atoms. The molecule has 0 aliphatic rings. The summed E-state index contributed by atoms with van der Waals surface area (Å²) in [4.78, 5) is 8.51. The lowest BCUT2D eigenvalue weighted by atomic mass is 10.0. The first-order valence-electron chi connectivity index (χ1n) is 13.2. The van der Waals surface area contributed by atoms with Gasteiger partial charge in [0.15, 0.2) is 5.82 Å². The molecule has 184 valence electrons. The Morgan fingerprint density at radius 1 is 0.727 bits per heavy atom. The van der Waals surface area contributed by atoms with E-state index in [1.165, 1.54) is 89.8 Å². The standard InChI is InChI=1S/C28H46N4O/c1-4-5-6-7-8-9-10-11-12-13-14-15-16-17-18-30-27-26(29)28(32-22-31-27)33-25-20-23(2)19-24(3)21-25/h19-22H,4-18,29H2,1-3H3,(H,30,31,32). The van der Waals surface area contributed by atoms with E-state index in [0.29, 0.717) is 17.4 Å². The van der Waals surface area contributed by atoms with Crippen molar-refractivity contribution < 1.29 is 4.74 Å². The third-order valence-corrected chi connectivity index (χ3v) is 6.08. The van der Waals surface area contributed by atoms with Crippen LogP contribution in [0, 0.1) is 13.8 Å². The zero-order valence-corrected chi connectivity index (χ0v) is 21.3. The molecule has 1 heterocycles. The van der Waals surface area contributed by atoms with Gasteiger partial charge in [-0.05, 0) is 43.5 Å². The van der Waals surface area contributed by atoms with E-state index >= 15 is 0 Å². The number of anilines is 2. The molecule has 0 bridgehead atoms. The van der Waals surface area contributed by atoms with Crippen molar-refractivity contribution in [1.29, 1.82) is 0 Å². The van der Waals surface area contributed by atoms with Gasteiger partial charge in [0.2, 0.25) is 5.88 Å². The first kappa shape index (κ1) is 26.9. The highest BCUT2D eigenvalue weighted by molar-refractivity contribution is 5.67. The van der Waals surface area contributed by atoms with Crippen molar-refractivity contribution in [2.24, 2.45) is 0 Å². The second-order valence-electron chi connectivity index (χ2n) is 9.39. The molecular weight excluding hydrogens is 408 g/mol. The smallest absolute Gasteiger partial charge is 0.248 e. The molecule has 2 aromatic rings. The Kier molecular flexibility index (Phi) is 13.3. The van der Waals surface area contributed by atoms with Gasteiger partial charge in [-0.1, -0.05) is 96.5 Å². The van der Waals surface area contributed by atoms with Crippen LogP contribution in [0.15, 0.2) is 24.5 Å². The minimum absolute atomic E-state index is 0.401. The number of aryl methyl sites for hydroxylation is 2. The van der Waals surface area contributed by atoms with E-state index in [1.807, 2.05) is 26.0 Å². The van der Waals surface area contributed by atoms with Gasteiger partial charge in [-0.15, -0.1) is 0 Å². The average Bonchev–Trinajstić information content (AvgIpc) is 2.78. The predicted molar refractivity (Wildman–Crippen MR) is 141 cm³/mol. The van der Waals surface area contributed by atoms with Crippen LogP contribution < -0.4 is 15.8 Å². The summed E-state index contributed by atoms with van der Waals surface area (Å²) in [5.74, 6) is 1.80. The number of unbranched alkanes of at least 4 members (excludes halogenated alkanes) is 13. The molecular formula is C28H46N4O. The Morgan fingerprint density at radius 3 is 1.79 bits per heavy atom. The summed E-state index contributed by atoms with van der Waals surface area (Å²) < 4.78 is 5.92. The van der Waals surface area contributed by atoms with Gasteiger partial charge in [-0.25, -0.2) is 4.98 Å². The monoisotopic (exact) mass is 454 g/mol. The highest BCUT2D eigenvalue weighted by Gasteiger charge is 2.10. The predicted octanol–water partition coefficient (Wildman–Crippen LogP) is 8.36. The van der Waals surface area contributed by atoms with E-state index in [-0.39, 0.29) is 0 Å². The minimum atomic E-state index is 0.401. The summed E-state index contributed by atoms with van der Waals surface area (Å²) in [5, 5.41) is 3.35. The van der Waals surface area contributed by atoms with Crippen LogP contribution in [-0.4, -0.2) is 16.5 Å². The number of nitrogen functional groups attached to an aromatic ring is 1. The van der Waals surface area contributed by atoms with Crippen molar-refractivity contribution in [1.82, 2.24) is 9.97 Å². The Bertz CT molecular complexity index is 773. The lowest BCUT2D eigenvalue weighted by molar-refractivity contribution is 0.464. The Hall–Kier alpha value is -2.30. The molecule has 5 nitrogen and oxygen atoms in total. The Labute approximate surface area is 202 Å². The molecule has 1 aromatic heterocycles. The fraction of sp³-hybridized carbons (Fsp3) is 0.643. The Balaban J connectivity index is 1.54. The Morgan fingerprint density at radius 2 is 1.24 bits per heavy atom. The molecule has 5 heteroatoms. The summed E-state index contributed by atoms with van der Waals surface area (Å²) >= 11 is 0. The largest absolute Gasteiger partial charge is 0.437 e. The van der Waals surface area contributed by atoms with Crippen LogP contribution in [0.25, 0.3) is 0 Å². The molecule has 0 spiro atoms. The maximum atomic E-state index is 6.26. The van der Waals surface area contributed by atoms with Crippen LogP contribution in [0.4, 0.5) is 11.5 Å². The maximum Gasteiger partial charge on any atom is 0.248 e. The third-order valence-electron chi connectivity index (χ3n) is 6.08. The van der Waals surface area contributed by atoms with Crippen molar-refractivity contribution in [2.75, 3.05) is 17.6 Å². The second-order valence-corrected chi connectivity index (χ2v) is 9.39. The summed E-state index contributed by atoms with van der Waals surface area (Å²) in [6.07, 6.45) is 20.6. The van der Waals surface area contributed by atoms with Crippen LogP contribution in [0.3, 0.4) is 0 Å². The number of nitrogens with two attached hydrogens (primary N) is 1. The van der Waals surface area contributed by atoms with Gasteiger partial charge < -0.3 is 15.8 Å². The third kappa shape index (κ3) is 11.4. The lowest BCUT2D eigenvalue weighted by Gasteiger charge is -2.12. The van der Waals surface area contributed by atoms with Crippen molar-refractivity contribution in [3.8, 4) is 11.6 Å². The van der Waals surface area contributed by atoms with E-state index in [9.17, 15) is 0 Å². The number of ether oxygens (including phenoxy) is 1. The zero-order valence-electron chi connectivity index (χ0n) is 21.3. The molecule has 0 atom stereocenters. The van der Waals surface area contributed by atoms with Gasteiger partial charge in [0.25, 0.3) is 0 Å². The molecule has 0 unspecified atom stereocenters. The van der Waals surface area contributed by atoms with Crippen LogP contribution >= 0.6 is 0 Å². The van der Waals surface area contributed by atoms with E-state index < -0.39 is 0 Å². The maximum absolute atomic E-state index is 6.26. The molecule has 0 aliphatic carbocycles. The van der Waals surface area contributed by atoms with E-state index in [1.54, 1.807) is 0 Å². The molecule has 0 aliphatic heterocycles. The quantitative estimate of drug-likeness (QED) is 0.221. The fourth-order valence-electron chi connectivity index (χ4n) is 4.23. The van der Waals surface area contributed by atoms with Crippen LogP contribution in [0.2, 0.25) is 0 Å². The van der Waals surface area contributed by atoms with Crippen molar-refractivity contribution >= 4 is 11.5 Å². The van der Waals surface area contributed by atoms with E-state index in [4.69, 9.17) is 10.5 Å². The normalized spacial score (nSPS) is 11.0. The van der Waals surface area contributed by atoms with Gasteiger partial charge in [0.1, 0.15) is 17.8 Å². The van der Waals surface area contributed by atoms with E-state index in [2.05, 4.69) is 28.3 Å². The average molecular weight is 455 g/mol. The summed E-state index contributed by atoms with van der Waals surface area (Å²) in [7, 11) is 0. The second kappa shape index (κ2) is 16.3. The molecule has 0 radical (unpaired) electrons. The number of hydrogen-bond donors (Lipinski definition) is 2. The van der Waals surface area contributed by atoms with Crippen LogP contribution in [-0.2, 0) is 0 Å². The van der Waals surface area contributed by atoms with E-state index in [0.717, 1.165) is 29.8 Å². The minimum Gasteiger partial charge on any atom is -0.437 e. The molecule has 0 amide bonds. The van der Waals surface area contributed by atoms with Crippen LogP contribution in [0.1, 0.15) is 108 Å². The summed E-state index contributed by atoms with van der Waals surface area (Å²) in [5.41, 5.74) is 9.01. The van der Waals surface area contributed by atoms with Crippen LogP contribution in [0.5, 0.6) is 11.6 Å². The van der Waals surface area contributed by atoms with Crippen molar-refractivity contribution in [3.05, 3.63) is 35.7 Å². The number of hydrogen-bond acceptors (Lipinski definition) is 5. The van der Waals surface area contributed by atoms with Gasteiger partial charge in [-0.2, -0.15) is 4.98 Å². The zero-order chi connectivity index (χ0) is 23.7.